The first-order valence-electron chi connectivity index (χ1n) is 7.19. The Bertz CT molecular complexity index is 536. The number of hydrogen-bond acceptors (Lipinski definition) is 0. The minimum absolute atomic E-state index is 0.794. The predicted molar refractivity (Wildman–Crippen MR) is 85.4 cm³/mol. The topological polar surface area (TPSA) is 0 Å². The summed E-state index contributed by atoms with van der Waals surface area (Å²) in [5, 5.41) is 0. The molecule has 2 aromatic rings. The average molecular weight is 315 g/mol. The van der Waals surface area contributed by atoms with Crippen molar-refractivity contribution in [2.45, 2.75) is 38.0 Å². The van der Waals surface area contributed by atoms with Crippen molar-refractivity contribution in [2.75, 3.05) is 0 Å². The Morgan fingerprint density at radius 2 is 1.47 bits per heavy atom. The molecule has 0 nitrogen and oxygen atoms in total. The maximum absolute atomic E-state index is 3.63. The number of rotatable bonds is 2. The normalized spacial score (nSPS) is 16.5. The van der Waals surface area contributed by atoms with Crippen molar-refractivity contribution in [3.63, 3.8) is 0 Å². The Labute approximate surface area is 124 Å². The van der Waals surface area contributed by atoms with Crippen LogP contribution in [0.25, 0.3) is 11.1 Å². The highest BCUT2D eigenvalue weighted by Gasteiger charge is 2.15. The second-order valence-electron chi connectivity index (χ2n) is 5.44. The van der Waals surface area contributed by atoms with Gasteiger partial charge in [0.2, 0.25) is 0 Å². The van der Waals surface area contributed by atoms with Crippen molar-refractivity contribution in [3.8, 4) is 11.1 Å². The summed E-state index contributed by atoms with van der Waals surface area (Å²) in [7, 11) is 0. The third kappa shape index (κ3) is 2.92. The summed E-state index contributed by atoms with van der Waals surface area (Å²) >= 11 is 3.63. The third-order valence-corrected chi connectivity index (χ3v) is 4.86. The van der Waals surface area contributed by atoms with Crippen molar-refractivity contribution >= 4 is 15.9 Å². The summed E-state index contributed by atoms with van der Waals surface area (Å²) in [5.74, 6) is 0.794. The summed E-state index contributed by atoms with van der Waals surface area (Å²) in [5.41, 5.74) is 4.10. The molecule has 0 atom stereocenters. The van der Waals surface area contributed by atoms with Crippen LogP contribution in [0.4, 0.5) is 0 Å². The van der Waals surface area contributed by atoms with Crippen molar-refractivity contribution < 1.29 is 0 Å². The zero-order chi connectivity index (χ0) is 13.1. The quantitative estimate of drug-likeness (QED) is 0.622. The van der Waals surface area contributed by atoms with Crippen LogP contribution in [0.3, 0.4) is 0 Å². The number of benzene rings is 2. The van der Waals surface area contributed by atoms with Gasteiger partial charge in [-0.15, -0.1) is 0 Å². The van der Waals surface area contributed by atoms with Gasteiger partial charge in [0, 0.05) is 4.47 Å². The smallest absolute Gasteiger partial charge is 0.0253 e. The third-order valence-electron chi connectivity index (χ3n) is 4.17. The van der Waals surface area contributed by atoms with Gasteiger partial charge in [0.15, 0.2) is 0 Å². The van der Waals surface area contributed by atoms with Crippen LogP contribution < -0.4 is 0 Å². The number of hydrogen-bond donors (Lipinski definition) is 0. The maximum Gasteiger partial charge on any atom is 0.0253 e. The molecule has 0 spiro atoms. The van der Waals surface area contributed by atoms with Crippen molar-refractivity contribution in [1.29, 1.82) is 0 Å². The molecule has 0 bridgehead atoms. The van der Waals surface area contributed by atoms with E-state index in [2.05, 4.69) is 64.5 Å². The highest BCUT2D eigenvalue weighted by Crippen LogP contribution is 2.34. The molecule has 2 aromatic carbocycles. The van der Waals surface area contributed by atoms with E-state index in [0.29, 0.717) is 0 Å². The fraction of sp³-hybridized carbons (Fsp3) is 0.333. The summed E-state index contributed by atoms with van der Waals surface area (Å²) < 4.78 is 1.17. The van der Waals surface area contributed by atoms with Gasteiger partial charge in [0.25, 0.3) is 0 Å². The fourth-order valence-corrected chi connectivity index (χ4v) is 3.58. The molecule has 0 unspecified atom stereocenters. The SMILES string of the molecule is Brc1ccccc1-c1ccc(C2CCCCC2)cc1. The molecule has 0 saturated heterocycles. The van der Waals surface area contributed by atoms with Gasteiger partial charge in [0.1, 0.15) is 0 Å². The fourth-order valence-electron chi connectivity index (χ4n) is 3.07. The van der Waals surface area contributed by atoms with Gasteiger partial charge in [-0.25, -0.2) is 0 Å². The van der Waals surface area contributed by atoms with Crippen LogP contribution >= 0.6 is 15.9 Å². The molecule has 1 heteroatoms. The minimum Gasteiger partial charge on any atom is -0.0616 e. The Kier molecular flexibility index (Phi) is 4.03. The van der Waals surface area contributed by atoms with Crippen LogP contribution in [0.15, 0.2) is 53.0 Å². The second kappa shape index (κ2) is 5.92. The largest absolute Gasteiger partial charge is 0.0616 e. The van der Waals surface area contributed by atoms with Crippen molar-refractivity contribution in [1.82, 2.24) is 0 Å². The van der Waals surface area contributed by atoms with Gasteiger partial charge in [-0.2, -0.15) is 0 Å². The van der Waals surface area contributed by atoms with Crippen LogP contribution in [0, 0.1) is 0 Å². The van der Waals surface area contributed by atoms with Crippen LogP contribution in [0.1, 0.15) is 43.6 Å². The van der Waals surface area contributed by atoms with E-state index in [1.54, 1.807) is 0 Å². The van der Waals surface area contributed by atoms with E-state index in [4.69, 9.17) is 0 Å². The predicted octanol–water partition coefficient (Wildman–Crippen LogP) is 6.16. The molecule has 1 saturated carbocycles. The van der Waals surface area contributed by atoms with Crippen molar-refractivity contribution in [3.05, 3.63) is 58.6 Å². The number of halogens is 1. The van der Waals surface area contributed by atoms with Gasteiger partial charge in [-0.05, 0) is 41.5 Å². The van der Waals surface area contributed by atoms with Gasteiger partial charge in [0.05, 0.1) is 0 Å². The molecule has 98 valence electrons. The van der Waals surface area contributed by atoms with E-state index in [1.807, 2.05) is 0 Å². The van der Waals surface area contributed by atoms with Crippen LogP contribution in [-0.4, -0.2) is 0 Å². The second-order valence-corrected chi connectivity index (χ2v) is 6.29. The van der Waals surface area contributed by atoms with Gasteiger partial charge in [-0.1, -0.05) is 77.7 Å². The molecule has 0 aromatic heterocycles. The van der Waals surface area contributed by atoms with Gasteiger partial charge >= 0.3 is 0 Å². The molecule has 0 N–H and O–H groups in total. The van der Waals surface area contributed by atoms with E-state index >= 15 is 0 Å². The Morgan fingerprint density at radius 1 is 0.789 bits per heavy atom. The maximum atomic E-state index is 3.63. The first-order chi connectivity index (χ1) is 9.34. The first kappa shape index (κ1) is 12.9. The lowest BCUT2D eigenvalue weighted by Gasteiger charge is -2.22. The van der Waals surface area contributed by atoms with Gasteiger partial charge in [-0.3, -0.25) is 0 Å². The van der Waals surface area contributed by atoms with E-state index in [-0.39, 0.29) is 0 Å². The lowest BCUT2D eigenvalue weighted by atomic mass is 9.84. The molecule has 0 aliphatic heterocycles. The zero-order valence-electron chi connectivity index (χ0n) is 11.1. The molecule has 0 radical (unpaired) electrons. The Morgan fingerprint density at radius 3 is 2.16 bits per heavy atom. The van der Waals surface area contributed by atoms with E-state index in [0.717, 1.165) is 5.92 Å². The standard InChI is InChI=1S/C18H19Br/c19-18-9-5-4-8-17(18)16-12-10-15(11-13-16)14-6-2-1-3-7-14/h4-5,8-14H,1-3,6-7H2. The Hall–Kier alpha value is -1.08. The minimum atomic E-state index is 0.794. The van der Waals surface area contributed by atoms with Crippen LogP contribution in [0.5, 0.6) is 0 Å². The average Bonchev–Trinajstić information content (AvgIpc) is 2.49. The summed E-state index contributed by atoms with van der Waals surface area (Å²) in [4.78, 5) is 0. The van der Waals surface area contributed by atoms with Crippen molar-refractivity contribution in [2.24, 2.45) is 0 Å². The summed E-state index contributed by atoms with van der Waals surface area (Å²) in [6.07, 6.45) is 6.96. The molecule has 19 heavy (non-hydrogen) atoms. The lowest BCUT2D eigenvalue weighted by Crippen LogP contribution is -2.04. The lowest BCUT2D eigenvalue weighted by molar-refractivity contribution is 0.443. The summed E-state index contributed by atoms with van der Waals surface area (Å²) in [6.45, 7) is 0. The van der Waals surface area contributed by atoms with Crippen LogP contribution in [-0.2, 0) is 0 Å². The van der Waals surface area contributed by atoms with Gasteiger partial charge < -0.3 is 0 Å². The summed E-state index contributed by atoms with van der Waals surface area (Å²) in [6, 6.07) is 17.6. The monoisotopic (exact) mass is 314 g/mol. The zero-order valence-corrected chi connectivity index (χ0v) is 12.7. The molecule has 1 aliphatic rings. The molecule has 0 heterocycles. The molecular formula is C18H19Br. The van der Waals surface area contributed by atoms with E-state index in [1.165, 1.54) is 53.3 Å². The highest BCUT2D eigenvalue weighted by atomic mass is 79.9. The molecular weight excluding hydrogens is 296 g/mol. The molecule has 1 fully saturated rings. The van der Waals surface area contributed by atoms with E-state index in [9.17, 15) is 0 Å². The first-order valence-corrected chi connectivity index (χ1v) is 7.99. The highest BCUT2D eigenvalue weighted by molar-refractivity contribution is 9.10. The Balaban J connectivity index is 1.84. The molecule has 1 aliphatic carbocycles. The molecule has 0 amide bonds. The van der Waals surface area contributed by atoms with E-state index < -0.39 is 0 Å². The molecule has 3 rings (SSSR count). The van der Waals surface area contributed by atoms with Crippen LogP contribution in [0.2, 0.25) is 0 Å².